The van der Waals surface area contributed by atoms with Gasteiger partial charge in [0, 0.05) is 16.0 Å². The Morgan fingerprint density at radius 1 is 1.35 bits per heavy atom. The number of hydrogen-bond donors (Lipinski definition) is 1. The largest absolute Gasteiger partial charge is 0.312 e. The van der Waals surface area contributed by atoms with Gasteiger partial charge in [0.15, 0.2) is 0 Å². The molecule has 1 aromatic rings. The zero-order valence-electron chi connectivity index (χ0n) is 11.0. The van der Waals surface area contributed by atoms with Crippen LogP contribution in [0.15, 0.2) is 22.7 Å². The number of nitrogens with one attached hydrogen (secondary N) is 1. The second kappa shape index (κ2) is 6.21. The lowest BCUT2D eigenvalue weighted by Crippen LogP contribution is -2.29. The lowest BCUT2D eigenvalue weighted by molar-refractivity contribution is 0.252. The van der Waals surface area contributed by atoms with Crippen LogP contribution in [0.25, 0.3) is 0 Å². The van der Waals surface area contributed by atoms with Crippen LogP contribution in [0.4, 0.5) is 0 Å². The van der Waals surface area contributed by atoms with Crippen LogP contribution in [0.2, 0.25) is 5.02 Å². The summed E-state index contributed by atoms with van der Waals surface area (Å²) < 4.78 is 1.11. The molecule has 0 aliphatic rings. The molecule has 0 radical (unpaired) electrons. The molecule has 0 fully saturated rings. The highest BCUT2D eigenvalue weighted by Gasteiger charge is 2.19. The first-order valence-corrected chi connectivity index (χ1v) is 7.12. The summed E-state index contributed by atoms with van der Waals surface area (Å²) in [5, 5.41) is 4.27. The minimum Gasteiger partial charge on any atom is -0.312 e. The molecule has 0 bridgehead atoms. The lowest BCUT2D eigenvalue weighted by Gasteiger charge is -2.27. The topological polar surface area (TPSA) is 12.0 Å². The third-order valence-electron chi connectivity index (χ3n) is 3.25. The van der Waals surface area contributed by atoms with Crippen molar-refractivity contribution in [2.75, 3.05) is 6.54 Å². The van der Waals surface area contributed by atoms with Crippen LogP contribution < -0.4 is 5.32 Å². The summed E-state index contributed by atoms with van der Waals surface area (Å²) in [7, 11) is 0. The minimum absolute atomic E-state index is 0.346. The number of halogens is 2. The Morgan fingerprint density at radius 2 is 2.00 bits per heavy atom. The van der Waals surface area contributed by atoms with Crippen LogP contribution in [-0.4, -0.2) is 6.54 Å². The maximum absolute atomic E-state index is 5.98. The summed E-state index contributed by atoms with van der Waals surface area (Å²) in [6.45, 7) is 11.0. The molecule has 0 amide bonds. The summed E-state index contributed by atoms with van der Waals surface area (Å²) in [5.41, 5.74) is 1.55. The van der Waals surface area contributed by atoms with Crippen molar-refractivity contribution in [2.24, 2.45) is 11.3 Å². The molecule has 1 unspecified atom stereocenters. The maximum atomic E-state index is 5.98. The average molecular weight is 319 g/mol. The maximum Gasteiger partial charge on any atom is 0.0410 e. The summed E-state index contributed by atoms with van der Waals surface area (Å²) in [6.07, 6.45) is 0. The molecule has 0 saturated heterocycles. The van der Waals surface area contributed by atoms with Crippen LogP contribution in [-0.2, 0) is 6.54 Å². The molecule has 1 rings (SSSR count). The fraction of sp³-hybridized carbons (Fsp3) is 0.571. The molecule has 0 spiro atoms. The van der Waals surface area contributed by atoms with Gasteiger partial charge in [-0.1, -0.05) is 55.2 Å². The third-order valence-corrected chi connectivity index (χ3v) is 4.26. The number of hydrogen-bond acceptors (Lipinski definition) is 1. The van der Waals surface area contributed by atoms with E-state index in [1.165, 1.54) is 5.56 Å². The van der Waals surface area contributed by atoms with E-state index in [0.29, 0.717) is 11.3 Å². The van der Waals surface area contributed by atoms with Gasteiger partial charge in [-0.05, 0) is 41.6 Å². The molecule has 1 aromatic carbocycles. The van der Waals surface area contributed by atoms with E-state index in [1.54, 1.807) is 0 Å². The van der Waals surface area contributed by atoms with E-state index in [4.69, 9.17) is 11.6 Å². The first-order valence-electron chi connectivity index (χ1n) is 5.95. The van der Waals surface area contributed by atoms with Gasteiger partial charge in [-0.15, -0.1) is 0 Å². The summed E-state index contributed by atoms with van der Waals surface area (Å²) in [5.74, 6) is 0.639. The molecule has 1 nitrogen and oxygen atoms in total. The van der Waals surface area contributed by atoms with Crippen LogP contribution in [0.5, 0.6) is 0 Å². The smallest absolute Gasteiger partial charge is 0.0410 e. The van der Waals surface area contributed by atoms with Crippen LogP contribution in [0, 0.1) is 11.3 Å². The predicted molar refractivity (Wildman–Crippen MR) is 79.5 cm³/mol. The van der Waals surface area contributed by atoms with Gasteiger partial charge in [-0.2, -0.15) is 0 Å². The molecule has 17 heavy (non-hydrogen) atoms. The van der Waals surface area contributed by atoms with E-state index in [0.717, 1.165) is 22.6 Å². The summed E-state index contributed by atoms with van der Waals surface area (Å²) in [6, 6.07) is 5.89. The Kier molecular flexibility index (Phi) is 5.49. The molecule has 3 heteroatoms. The minimum atomic E-state index is 0.346. The second-order valence-corrected chi connectivity index (χ2v) is 6.92. The van der Waals surface area contributed by atoms with E-state index < -0.39 is 0 Å². The van der Waals surface area contributed by atoms with E-state index in [2.05, 4.69) is 48.9 Å². The molecule has 96 valence electrons. The van der Waals surface area contributed by atoms with Gasteiger partial charge >= 0.3 is 0 Å². The molecule has 0 heterocycles. The lowest BCUT2D eigenvalue weighted by atomic mass is 9.82. The monoisotopic (exact) mass is 317 g/mol. The molecule has 0 aliphatic carbocycles. The van der Waals surface area contributed by atoms with Crippen molar-refractivity contribution in [3.63, 3.8) is 0 Å². The first kappa shape index (κ1) is 15.0. The highest BCUT2D eigenvalue weighted by atomic mass is 79.9. The van der Waals surface area contributed by atoms with Crippen molar-refractivity contribution in [3.05, 3.63) is 33.3 Å². The Balaban J connectivity index is 2.49. The van der Waals surface area contributed by atoms with E-state index in [-0.39, 0.29) is 0 Å². The number of benzene rings is 1. The normalized spacial score (nSPS) is 13.8. The highest BCUT2D eigenvalue weighted by Crippen LogP contribution is 2.25. The van der Waals surface area contributed by atoms with Crippen LogP contribution >= 0.6 is 27.5 Å². The van der Waals surface area contributed by atoms with E-state index in [9.17, 15) is 0 Å². The quantitative estimate of drug-likeness (QED) is 0.834. The molecular formula is C14H21BrClN. The highest BCUT2D eigenvalue weighted by molar-refractivity contribution is 9.10. The second-order valence-electron chi connectivity index (χ2n) is 5.63. The molecular weight excluding hydrogens is 298 g/mol. The molecule has 1 N–H and O–H groups in total. The third kappa shape index (κ3) is 4.99. The van der Waals surface area contributed by atoms with Gasteiger partial charge in [-0.3, -0.25) is 0 Å². The van der Waals surface area contributed by atoms with Crippen molar-refractivity contribution in [3.8, 4) is 0 Å². The zero-order valence-corrected chi connectivity index (χ0v) is 13.3. The first-order chi connectivity index (χ1) is 7.80. The standard InChI is InChI=1S/C14H21BrClN/c1-10(14(2,3)4)8-17-9-11-7-12(16)5-6-13(11)15/h5-7,10,17H,8-9H2,1-4H3. The van der Waals surface area contributed by atoms with Gasteiger partial charge in [0.25, 0.3) is 0 Å². The van der Waals surface area contributed by atoms with E-state index in [1.807, 2.05) is 18.2 Å². The Morgan fingerprint density at radius 3 is 2.59 bits per heavy atom. The molecule has 0 aromatic heterocycles. The van der Waals surface area contributed by atoms with Crippen molar-refractivity contribution in [2.45, 2.75) is 34.2 Å². The van der Waals surface area contributed by atoms with Crippen molar-refractivity contribution in [1.29, 1.82) is 0 Å². The fourth-order valence-corrected chi connectivity index (χ4v) is 1.99. The molecule has 1 atom stereocenters. The van der Waals surface area contributed by atoms with Gasteiger partial charge in [0.05, 0.1) is 0 Å². The Bertz CT molecular complexity index is 371. The van der Waals surface area contributed by atoms with Crippen molar-refractivity contribution < 1.29 is 0 Å². The van der Waals surface area contributed by atoms with Gasteiger partial charge < -0.3 is 5.32 Å². The average Bonchev–Trinajstić information content (AvgIpc) is 2.21. The van der Waals surface area contributed by atoms with E-state index >= 15 is 0 Å². The zero-order chi connectivity index (χ0) is 13.1. The van der Waals surface area contributed by atoms with Crippen molar-refractivity contribution >= 4 is 27.5 Å². The summed E-state index contributed by atoms with van der Waals surface area (Å²) >= 11 is 9.52. The summed E-state index contributed by atoms with van der Waals surface area (Å²) in [4.78, 5) is 0. The Hall–Kier alpha value is -0.0500. The van der Waals surface area contributed by atoms with Crippen molar-refractivity contribution in [1.82, 2.24) is 5.32 Å². The van der Waals surface area contributed by atoms with Crippen LogP contribution in [0.3, 0.4) is 0 Å². The molecule has 0 saturated carbocycles. The fourth-order valence-electron chi connectivity index (χ4n) is 1.41. The number of rotatable bonds is 4. The SMILES string of the molecule is CC(CNCc1cc(Cl)ccc1Br)C(C)(C)C. The van der Waals surface area contributed by atoms with Gasteiger partial charge in [0.2, 0.25) is 0 Å². The molecule has 0 aliphatic heterocycles. The van der Waals surface area contributed by atoms with Crippen LogP contribution in [0.1, 0.15) is 33.3 Å². The predicted octanol–water partition coefficient (Wildman–Crippen LogP) is 4.87. The van der Waals surface area contributed by atoms with Gasteiger partial charge in [0.1, 0.15) is 0 Å². The van der Waals surface area contributed by atoms with Gasteiger partial charge in [-0.25, -0.2) is 0 Å². The Labute approximate surface area is 118 Å².